The minimum Gasteiger partial charge on any atom is -0.352 e. The van der Waals surface area contributed by atoms with Crippen LogP contribution >= 0.6 is 15.9 Å². The van der Waals surface area contributed by atoms with Gasteiger partial charge in [0.2, 0.25) is 5.91 Å². The van der Waals surface area contributed by atoms with E-state index in [4.69, 9.17) is 0 Å². The molecule has 0 spiro atoms. The molecular weight excluding hydrogens is 323 g/mol. The van der Waals surface area contributed by atoms with E-state index in [-0.39, 0.29) is 11.7 Å². The second-order valence-electron chi connectivity index (χ2n) is 5.29. The summed E-state index contributed by atoms with van der Waals surface area (Å²) in [7, 11) is 0. The Hall–Kier alpha value is -0.940. The van der Waals surface area contributed by atoms with E-state index in [0.717, 1.165) is 37.9 Å². The smallest absolute Gasteiger partial charge is 0.220 e. The first-order valence-electron chi connectivity index (χ1n) is 7.06. The number of nitrogens with one attached hydrogen (secondary N) is 2. The summed E-state index contributed by atoms with van der Waals surface area (Å²) in [6, 6.07) is 4.66. The summed E-state index contributed by atoms with van der Waals surface area (Å²) in [6.07, 6.45) is 3.82. The monoisotopic (exact) mass is 342 g/mol. The minimum atomic E-state index is -0.293. The number of benzene rings is 1. The average molecular weight is 343 g/mol. The van der Waals surface area contributed by atoms with Crippen LogP contribution in [0.3, 0.4) is 0 Å². The van der Waals surface area contributed by atoms with E-state index in [0.29, 0.717) is 23.4 Å². The maximum Gasteiger partial charge on any atom is 0.220 e. The third-order valence-electron chi connectivity index (χ3n) is 3.65. The van der Waals surface area contributed by atoms with Gasteiger partial charge in [-0.15, -0.1) is 0 Å². The van der Waals surface area contributed by atoms with Crippen LogP contribution in [0.15, 0.2) is 22.7 Å². The molecule has 1 fully saturated rings. The molecule has 2 N–H and O–H groups in total. The van der Waals surface area contributed by atoms with Crippen molar-refractivity contribution in [3.63, 3.8) is 0 Å². The highest BCUT2D eigenvalue weighted by atomic mass is 79.9. The molecule has 5 heteroatoms. The van der Waals surface area contributed by atoms with E-state index in [2.05, 4.69) is 26.6 Å². The highest BCUT2D eigenvalue weighted by Gasteiger charge is 2.14. The highest BCUT2D eigenvalue weighted by molar-refractivity contribution is 9.10. The number of rotatable bonds is 5. The van der Waals surface area contributed by atoms with Crippen molar-refractivity contribution in [3.8, 4) is 0 Å². The largest absolute Gasteiger partial charge is 0.352 e. The van der Waals surface area contributed by atoms with Crippen LogP contribution in [-0.2, 0) is 11.3 Å². The Labute approximate surface area is 127 Å². The Morgan fingerprint density at radius 3 is 2.80 bits per heavy atom. The Kier molecular flexibility index (Phi) is 5.98. The van der Waals surface area contributed by atoms with Gasteiger partial charge in [0, 0.05) is 17.4 Å². The molecule has 0 radical (unpaired) electrons. The van der Waals surface area contributed by atoms with E-state index in [1.165, 1.54) is 12.1 Å². The Morgan fingerprint density at radius 2 is 2.10 bits per heavy atom. The van der Waals surface area contributed by atoms with Gasteiger partial charge in [-0.2, -0.15) is 0 Å². The number of carbonyl (C=O) groups excluding carboxylic acids is 1. The molecule has 0 atom stereocenters. The second kappa shape index (κ2) is 7.74. The number of hydrogen-bond acceptors (Lipinski definition) is 2. The van der Waals surface area contributed by atoms with Gasteiger partial charge in [0.05, 0.1) is 0 Å². The second-order valence-corrected chi connectivity index (χ2v) is 6.20. The number of hydrogen-bond donors (Lipinski definition) is 2. The molecule has 0 aromatic heterocycles. The first-order chi connectivity index (χ1) is 9.63. The summed E-state index contributed by atoms with van der Waals surface area (Å²) in [5.74, 6) is 0.410. The van der Waals surface area contributed by atoms with Gasteiger partial charge in [-0.25, -0.2) is 4.39 Å². The normalized spacial score (nSPS) is 16.1. The first-order valence-corrected chi connectivity index (χ1v) is 7.85. The van der Waals surface area contributed by atoms with Crippen LogP contribution in [0.5, 0.6) is 0 Å². The van der Waals surface area contributed by atoms with Crippen LogP contribution in [-0.4, -0.2) is 19.0 Å². The molecule has 0 saturated carbocycles. The lowest BCUT2D eigenvalue weighted by atomic mass is 9.93. The van der Waals surface area contributed by atoms with Crippen LogP contribution in [0.1, 0.15) is 31.2 Å². The fraction of sp³-hybridized carbons (Fsp3) is 0.533. The van der Waals surface area contributed by atoms with Gasteiger partial charge in [0.25, 0.3) is 0 Å². The molecule has 1 saturated heterocycles. The van der Waals surface area contributed by atoms with Crippen LogP contribution in [0.25, 0.3) is 0 Å². The van der Waals surface area contributed by atoms with Gasteiger partial charge in [0.1, 0.15) is 5.82 Å². The van der Waals surface area contributed by atoms with Crippen molar-refractivity contribution in [1.29, 1.82) is 0 Å². The lowest BCUT2D eigenvalue weighted by Gasteiger charge is -2.22. The molecule has 1 amide bonds. The van der Waals surface area contributed by atoms with Gasteiger partial charge >= 0.3 is 0 Å². The van der Waals surface area contributed by atoms with Crippen LogP contribution in [0.4, 0.5) is 4.39 Å². The van der Waals surface area contributed by atoms with Gasteiger partial charge in [-0.1, -0.05) is 15.9 Å². The summed E-state index contributed by atoms with van der Waals surface area (Å²) < 4.78 is 13.9. The van der Waals surface area contributed by atoms with Gasteiger partial charge in [0.15, 0.2) is 0 Å². The molecule has 20 heavy (non-hydrogen) atoms. The number of halogens is 2. The molecule has 0 aliphatic carbocycles. The van der Waals surface area contributed by atoms with Crippen molar-refractivity contribution in [2.24, 2.45) is 5.92 Å². The van der Waals surface area contributed by atoms with Crippen molar-refractivity contribution in [3.05, 3.63) is 34.1 Å². The van der Waals surface area contributed by atoms with Crippen LogP contribution in [0.2, 0.25) is 0 Å². The molecule has 1 heterocycles. The molecule has 0 bridgehead atoms. The van der Waals surface area contributed by atoms with E-state index >= 15 is 0 Å². The third kappa shape index (κ3) is 5.21. The summed E-state index contributed by atoms with van der Waals surface area (Å²) in [5, 5.41) is 6.17. The number of carbonyl (C=O) groups is 1. The molecule has 2 rings (SSSR count). The Balaban J connectivity index is 1.71. The maximum absolute atomic E-state index is 13.2. The lowest BCUT2D eigenvalue weighted by molar-refractivity contribution is -0.121. The Bertz CT molecular complexity index is 441. The topological polar surface area (TPSA) is 41.1 Å². The molecule has 110 valence electrons. The van der Waals surface area contributed by atoms with E-state index in [1.54, 1.807) is 0 Å². The maximum atomic E-state index is 13.2. The van der Waals surface area contributed by atoms with Gasteiger partial charge in [-0.05, 0) is 62.0 Å². The number of amides is 1. The summed E-state index contributed by atoms with van der Waals surface area (Å²) >= 11 is 3.24. The Morgan fingerprint density at radius 1 is 1.35 bits per heavy atom. The summed E-state index contributed by atoms with van der Waals surface area (Å²) in [5.41, 5.74) is 0.770. The molecule has 0 unspecified atom stereocenters. The molecule has 1 aromatic carbocycles. The molecule has 3 nitrogen and oxygen atoms in total. The van der Waals surface area contributed by atoms with Gasteiger partial charge in [-0.3, -0.25) is 4.79 Å². The summed E-state index contributed by atoms with van der Waals surface area (Å²) in [6.45, 7) is 2.49. The summed E-state index contributed by atoms with van der Waals surface area (Å²) in [4.78, 5) is 11.8. The molecular formula is C15H20BrFN2O. The zero-order chi connectivity index (χ0) is 14.4. The predicted molar refractivity (Wildman–Crippen MR) is 80.8 cm³/mol. The minimum absolute atomic E-state index is 0.0453. The van der Waals surface area contributed by atoms with Crippen LogP contribution in [0, 0.1) is 11.7 Å². The van der Waals surface area contributed by atoms with Crippen molar-refractivity contribution >= 4 is 21.8 Å². The zero-order valence-corrected chi connectivity index (χ0v) is 13.0. The van der Waals surface area contributed by atoms with E-state index in [1.807, 2.05) is 6.07 Å². The first kappa shape index (κ1) is 15.4. The van der Waals surface area contributed by atoms with Crippen molar-refractivity contribution < 1.29 is 9.18 Å². The van der Waals surface area contributed by atoms with Crippen LogP contribution < -0.4 is 10.6 Å². The zero-order valence-electron chi connectivity index (χ0n) is 11.4. The molecule has 1 aromatic rings. The van der Waals surface area contributed by atoms with E-state index in [9.17, 15) is 9.18 Å². The van der Waals surface area contributed by atoms with E-state index < -0.39 is 0 Å². The highest BCUT2D eigenvalue weighted by Crippen LogP contribution is 2.18. The molecule has 1 aliphatic rings. The fourth-order valence-corrected chi connectivity index (χ4v) is 3.02. The fourth-order valence-electron chi connectivity index (χ4n) is 2.51. The van der Waals surface area contributed by atoms with Crippen molar-refractivity contribution in [2.75, 3.05) is 13.1 Å². The standard InChI is InChI=1S/C15H20BrFN2O/c16-13-7-12(8-14(17)9-13)10-19-15(20)2-1-11-3-5-18-6-4-11/h7-9,11,18H,1-6,10H2,(H,19,20). The quantitative estimate of drug-likeness (QED) is 0.863. The SMILES string of the molecule is O=C(CCC1CCNCC1)NCc1cc(F)cc(Br)c1. The van der Waals surface area contributed by atoms with Gasteiger partial charge < -0.3 is 10.6 Å². The third-order valence-corrected chi connectivity index (χ3v) is 4.11. The number of piperidine rings is 1. The average Bonchev–Trinajstić information content (AvgIpc) is 2.43. The lowest BCUT2D eigenvalue weighted by Crippen LogP contribution is -2.29. The molecule has 1 aliphatic heterocycles. The predicted octanol–water partition coefficient (Wildman–Crippen LogP) is 2.98. The van der Waals surface area contributed by atoms with Crippen molar-refractivity contribution in [1.82, 2.24) is 10.6 Å². The van der Waals surface area contributed by atoms with Crippen molar-refractivity contribution in [2.45, 2.75) is 32.2 Å².